The average Bonchev–Trinajstić information content (AvgIpc) is 2.76. The third-order valence-electron chi connectivity index (χ3n) is 4.51. The summed E-state index contributed by atoms with van der Waals surface area (Å²) in [6, 6.07) is 1.28. The van der Waals surface area contributed by atoms with Crippen LogP contribution < -0.4 is 27.4 Å². The van der Waals surface area contributed by atoms with Gasteiger partial charge in [0.15, 0.2) is 0 Å². The van der Waals surface area contributed by atoms with E-state index in [-0.39, 0.29) is 12.2 Å². The van der Waals surface area contributed by atoms with Gasteiger partial charge >= 0.3 is 11.9 Å². The standard InChI is InChI=1S/C20H27N5O9/c21-9-16(28)23-13(7-10-1-3-11(26)4-2-10)18(31)25-14(8-15(22)27)19(32)24-12(20(33)34)5-6-17(29)30/h1-4,12-14,26H,5-9,21H2,(H2,22,27)(H,23,28)(H,24,32)(H,25,31)(H,29,30)(H,33,34). The molecular formula is C20H27N5O9. The first-order chi connectivity index (χ1) is 15.9. The number of aromatic hydroxyl groups is 1. The van der Waals surface area contributed by atoms with Crippen LogP contribution in [-0.2, 0) is 35.2 Å². The van der Waals surface area contributed by atoms with Crippen LogP contribution in [-0.4, -0.2) is 75.6 Å². The molecule has 0 aromatic heterocycles. The Hall–Kier alpha value is -4.20. The molecule has 14 heteroatoms. The van der Waals surface area contributed by atoms with E-state index in [1.165, 1.54) is 24.3 Å². The van der Waals surface area contributed by atoms with Crippen LogP contribution in [0.3, 0.4) is 0 Å². The van der Waals surface area contributed by atoms with E-state index in [2.05, 4.69) is 16.0 Å². The third-order valence-corrected chi connectivity index (χ3v) is 4.51. The van der Waals surface area contributed by atoms with Crippen LogP contribution in [0.25, 0.3) is 0 Å². The molecule has 10 N–H and O–H groups in total. The summed E-state index contributed by atoms with van der Waals surface area (Å²) in [7, 11) is 0. The number of phenolic OH excluding ortho intramolecular Hbond substituents is 1. The number of aliphatic carboxylic acids is 2. The highest BCUT2D eigenvalue weighted by Gasteiger charge is 2.30. The van der Waals surface area contributed by atoms with E-state index < -0.39 is 79.5 Å². The zero-order chi connectivity index (χ0) is 25.8. The molecule has 186 valence electrons. The summed E-state index contributed by atoms with van der Waals surface area (Å²) < 4.78 is 0. The molecule has 0 radical (unpaired) electrons. The number of rotatable bonds is 14. The van der Waals surface area contributed by atoms with E-state index in [0.29, 0.717) is 5.56 Å². The first-order valence-electron chi connectivity index (χ1n) is 10.0. The van der Waals surface area contributed by atoms with Gasteiger partial charge in [0.25, 0.3) is 0 Å². The van der Waals surface area contributed by atoms with Crippen LogP contribution in [0.4, 0.5) is 0 Å². The second-order valence-corrected chi connectivity index (χ2v) is 7.26. The minimum Gasteiger partial charge on any atom is -0.508 e. The number of hydrogen-bond donors (Lipinski definition) is 8. The number of phenols is 1. The van der Waals surface area contributed by atoms with Crippen LogP contribution in [0.15, 0.2) is 24.3 Å². The Balaban J connectivity index is 3.04. The highest BCUT2D eigenvalue weighted by atomic mass is 16.4. The molecule has 0 aliphatic rings. The first kappa shape index (κ1) is 27.8. The van der Waals surface area contributed by atoms with E-state index in [9.17, 15) is 39.0 Å². The van der Waals surface area contributed by atoms with Gasteiger partial charge in [-0.15, -0.1) is 0 Å². The molecule has 0 heterocycles. The van der Waals surface area contributed by atoms with Gasteiger partial charge in [0.1, 0.15) is 23.9 Å². The Morgan fingerprint density at radius 1 is 0.853 bits per heavy atom. The number of carbonyl (C=O) groups is 6. The minimum absolute atomic E-state index is 0.0233. The summed E-state index contributed by atoms with van der Waals surface area (Å²) in [5.41, 5.74) is 11.0. The van der Waals surface area contributed by atoms with Crippen molar-refractivity contribution in [3.8, 4) is 5.75 Å². The normalized spacial score (nSPS) is 13.1. The molecule has 1 aromatic carbocycles. The maximum Gasteiger partial charge on any atom is 0.326 e. The van der Waals surface area contributed by atoms with Gasteiger partial charge in [0.05, 0.1) is 13.0 Å². The van der Waals surface area contributed by atoms with Crippen LogP contribution in [0.5, 0.6) is 5.75 Å². The van der Waals surface area contributed by atoms with Gasteiger partial charge in [0, 0.05) is 12.8 Å². The molecule has 34 heavy (non-hydrogen) atoms. The van der Waals surface area contributed by atoms with Crippen molar-refractivity contribution >= 4 is 35.6 Å². The smallest absolute Gasteiger partial charge is 0.326 e. The number of nitrogens with two attached hydrogens (primary N) is 2. The minimum atomic E-state index is -1.60. The highest BCUT2D eigenvalue weighted by molar-refractivity contribution is 5.96. The van der Waals surface area contributed by atoms with Crippen molar-refractivity contribution in [2.45, 2.75) is 43.8 Å². The lowest BCUT2D eigenvalue weighted by Gasteiger charge is -2.24. The molecular weight excluding hydrogens is 454 g/mol. The maximum absolute atomic E-state index is 12.9. The Bertz CT molecular complexity index is 920. The molecule has 3 unspecified atom stereocenters. The van der Waals surface area contributed by atoms with E-state index in [1.807, 2.05) is 0 Å². The number of hydrogen-bond acceptors (Lipinski definition) is 8. The average molecular weight is 481 g/mol. The predicted octanol–water partition coefficient (Wildman–Crippen LogP) is -2.83. The number of benzene rings is 1. The van der Waals surface area contributed by atoms with Gasteiger partial charge in [-0.1, -0.05) is 12.1 Å². The summed E-state index contributed by atoms with van der Waals surface area (Å²) in [4.78, 5) is 70.7. The fourth-order valence-electron chi connectivity index (χ4n) is 2.81. The predicted molar refractivity (Wildman–Crippen MR) is 115 cm³/mol. The van der Waals surface area contributed by atoms with Crippen LogP contribution in [0.1, 0.15) is 24.8 Å². The third kappa shape index (κ3) is 9.95. The van der Waals surface area contributed by atoms with Crippen molar-refractivity contribution in [1.82, 2.24) is 16.0 Å². The molecule has 4 amide bonds. The van der Waals surface area contributed by atoms with Crippen LogP contribution in [0.2, 0.25) is 0 Å². The van der Waals surface area contributed by atoms with E-state index >= 15 is 0 Å². The molecule has 1 rings (SSSR count). The Kier molecular flexibility index (Phi) is 10.9. The summed E-state index contributed by atoms with van der Waals surface area (Å²) in [5, 5.41) is 34.0. The second-order valence-electron chi connectivity index (χ2n) is 7.26. The molecule has 0 saturated heterocycles. The Labute approximate surface area is 193 Å². The zero-order valence-corrected chi connectivity index (χ0v) is 18.0. The number of carbonyl (C=O) groups excluding carboxylic acids is 4. The number of carboxylic acid groups (broad SMARTS) is 2. The maximum atomic E-state index is 12.9. The summed E-state index contributed by atoms with van der Waals surface area (Å²) in [5.74, 6) is -6.47. The monoisotopic (exact) mass is 481 g/mol. The Morgan fingerprint density at radius 2 is 1.41 bits per heavy atom. The van der Waals surface area contributed by atoms with Crippen molar-refractivity contribution in [1.29, 1.82) is 0 Å². The highest BCUT2D eigenvalue weighted by Crippen LogP contribution is 2.12. The quantitative estimate of drug-likeness (QED) is 0.135. The number of amides is 4. The van der Waals surface area contributed by atoms with Crippen LogP contribution in [0, 0.1) is 0 Å². The molecule has 0 fully saturated rings. The van der Waals surface area contributed by atoms with Gasteiger partial charge in [0.2, 0.25) is 23.6 Å². The number of carboxylic acids is 2. The number of nitrogens with one attached hydrogen (secondary N) is 3. The Morgan fingerprint density at radius 3 is 1.91 bits per heavy atom. The van der Waals surface area contributed by atoms with E-state index in [1.54, 1.807) is 0 Å². The SMILES string of the molecule is NCC(=O)NC(Cc1ccc(O)cc1)C(=O)NC(CC(N)=O)C(=O)NC(CCC(=O)O)C(=O)O. The summed E-state index contributed by atoms with van der Waals surface area (Å²) in [6.45, 7) is -0.436. The summed E-state index contributed by atoms with van der Waals surface area (Å²) in [6.07, 6.45) is -1.76. The first-order valence-corrected chi connectivity index (χ1v) is 10.0. The van der Waals surface area contributed by atoms with E-state index in [4.69, 9.17) is 16.6 Å². The fraction of sp³-hybridized carbons (Fsp3) is 0.400. The second kappa shape index (κ2) is 13.4. The molecule has 0 spiro atoms. The summed E-state index contributed by atoms with van der Waals surface area (Å²) >= 11 is 0. The zero-order valence-electron chi connectivity index (χ0n) is 18.0. The molecule has 0 aliphatic carbocycles. The van der Waals surface area contributed by atoms with Gasteiger partial charge in [-0.05, 0) is 24.1 Å². The van der Waals surface area contributed by atoms with Gasteiger partial charge in [-0.25, -0.2) is 4.79 Å². The van der Waals surface area contributed by atoms with Crippen molar-refractivity contribution in [2.75, 3.05) is 6.54 Å². The topological polar surface area (TPSA) is 251 Å². The lowest BCUT2D eigenvalue weighted by Crippen LogP contribution is -2.57. The van der Waals surface area contributed by atoms with Crippen molar-refractivity contribution in [3.63, 3.8) is 0 Å². The lowest BCUT2D eigenvalue weighted by molar-refractivity contribution is -0.143. The largest absolute Gasteiger partial charge is 0.508 e. The molecule has 0 aliphatic heterocycles. The number of primary amides is 1. The van der Waals surface area contributed by atoms with Crippen molar-refractivity contribution in [2.24, 2.45) is 11.5 Å². The van der Waals surface area contributed by atoms with Crippen LogP contribution >= 0.6 is 0 Å². The lowest BCUT2D eigenvalue weighted by atomic mass is 10.0. The van der Waals surface area contributed by atoms with E-state index in [0.717, 1.165) is 0 Å². The van der Waals surface area contributed by atoms with Gasteiger partial charge < -0.3 is 42.7 Å². The van der Waals surface area contributed by atoms with Gasteiger partial charge in [-0.3, -0.25) is 24.0 Å². The molecule has 3 atom stereocenters. The molecule has 0 saturated carbocycles. The molecule has 1 aromatic rings. The molecule has 14 nitrogen and oxygen atoms in total. The van der Waals surface area contributed by atoms with Crippen molar-refractivity contribution < 1.29 is 44.1 Å². The van der Waals surface area contributed by atoms with Crippen molar-refractivity contribution in [3.05, 3.63) is 29.8 Å². The van der Waals surface area contributed by atoms with Gasteiger partial charge in [-0.2, -0.15) is 0 Å². The molecule has 0 bridgehead atoms. The fourth-order valence-corrected chi connectivity index (χ4v) is 2.81.